The first-order valence-electron chi connectivity index (χ1n) is 8.94. The summed E-state index contributed by atoms with van der Waals surface area (Å²) in [5, 5.41) is 0. The highest BCUT2D eigenvalue weighted by atomic mass is 16.5. The van der Waals surface area contributed by atoms with E-state index in [-0.39, 0.29) is 17.9 Å². The van der Waals surface area contributed by atoms with Crippen LogP contribution in [0.15, 0.2) is 27.4 Å². The van der Waals surface area contributed by atoms with Gasteiger partial charge < -0.3 is 19.0 Å². The molecule has 2 aliphatic heterocycles. The van der Waals surface area contributed by atoms with Crippen molar-refractivity contribution in [2.24, 2.45) is 0 Å². The normalized spacial score (nSPS) is 21.2. The fraction of sp³-hybridized carbons (Fsp3) is 0.500. The summed E-state index contributed by atoms with van der Waals surface area (Å²) in [5.74, 6) is -0.614. The molecule has 1 atom stereocenters. The van der Waals surface area contributed by atoms with Crippen molar-refractivity contribution in [3.05, 3.63) is 34.3 Å². The van der Waals surface area contributed by atoms with Crippen molar-refractivity contribution in [1.29, 1.82) is 0 Å². The van der Waals surface area contributed by atoms with Gasteiger partial charge in [-0.05, 0) is 37.5 Å². The summed E-state index contributed by atoms with van der Waals surface area (Å²) in [6.45, 7) is 2.87. The standard InChI is InChI=1S/C18H21N3O5/c22-16(12-4-5-14-13(11-12)19-18(24)26-14)20-6-2-7-21(9-8-20)17(23)15-3-1-10-25-15/h4-5,11,15H,1-3,6-10H2,(H,19,24). The number of nitrogens with one attached hydrogen (secondary N) is 1. The molecule has 138 valence electrons. The van der Waals surface area contributed by atoms with Gasteiger partial charge in [0.15, 0.2) is 5.58 Å². The second-order valence-corrected chi connectivity index (χ2v) is 6.70. The van der Waals surface area contributed by atoms with E-state index < -0.39 is 5.76 Å². The van der Waals surface area contributed by atoms with Crippen LogP contribution < -0.4 is 5.76 Å². The molecule has 0 saturated carbocycles. The van der Waals surface area contributed by atoms with Crippen molar-refractivity contribution >= 4 is 22.9 Å². The Balaban J connectivity index is 1.44. The molecule has 26 heavy (non-hydrogen) atoms. The molecule has 2 saturated heterocycles. The summed E-state index contributed by atoms with van der Waals surface area (Å²) in [7, 11) is 0. The number of aromatic amines is 1. The van der Waals surface area contributed by atoms with Crippen LogP contribution in [0.5, 0.6) is 0 Å². The molecule has 0 spiro atoms. The number of hydrogen-bond donors (Lipinski definition) is 1. The van der Waals surface area contributed by atoms with Crippen molar-refractivity contribution in [3.63, 3.8) is 0 Å². The number of ether oxygens (including phenoxy) is 1. The van der Waals surface area contributed by atoms with Crippen LogP contribution in [0.4, 0.5) is 0 Å². The Labute approximate surface area is 149 Å². The Morgan fingerprint density at radius 1 is 1.08 bits per heavy atom. The molecule has 8 nitrogen and oxygen atoms in total. The highest BCUT2D eigenvalue weighted by molar-refractivity contribution is 5.97. The molecule has 1 aromatic heterocycles. The monoisotopic (exact) mass is 359 g/mol. The van der Waals surface area contributed by atoms with E-state index in [1.807, 2.05) is 0 Å². The number of rotatable bonds is 2. The zero-order valence-corrected chi connectivity index (χ0v) is 14.4. The molecule has 2 amide bonds. The first-order chi connectivity index (χ1) is 12.6. The van der Waals surface area contributed by atoms with Gasteiger partial charge in [0.05, 0.1) is 5.52 Å². The summed E-state index contributed by atoms with van der Waals surface area (Å²) in [6, 6.07) is 4.90. The number of fused-ring (bicyclic) bond motifs is 1. The molecule has 8 heteroatoms. The summed E-state index contributed by atoms with van der Waals surface area (Å²) < 4.78 is 10.5. The highest BCUT2D eigenvalue weighted by Gasteiger charge is 2.30. The number of H-pyrrole nitrogens is 1. The third-order valence-corrected chi connectivity index (χ3v) is 4.97. The van der Waals surface area contributed by atoms with Crippen LogP contribution >= 0.6 is 0 Å². The lowest BCUT2D eigenvalue weighted by Gasteiger charge is -2.24. The average Bonchev–Trinajstić information content (AvgIpc) is 3.23. The number of hydrogen-bond acceptors (Lipinski definition) is 5. The Hall–Kier alpha value is -2.61. The van der Waals surface area contributed by atoms with Crippen LogP contribution in [0.1, 0.15) is 29.6 Å². The van der Waals surface area contributed by atoms with E-state index >= 15 is 0 Å². The molecule has 1 aromatic carbocycles. The van der Waals surface area contributed by atoms with Crippen molar-refractivity contribution < 1.29 is 18.7 Å². The predicted octanol–water partition coefficient (Wildman–Crippen LogP) is 0.975. The van der Waals surface area contributed by atoms with Gasteiger partial charge in [-0.2, -0.15) is 0 Å². The zero-order valence-electron chi connectivity index (χ0n) is 14.4. The Bertz CT molecular complexity index is 880. The molecule has 3 heterocycles. The third kappa shape index (κ3) is 3.24. The predicted molar refractivity (Wildman–Crippen MR) is 92.9 cm³/mol. The molecule has 1 unspecified atom stereocenters. The topological polar surface area (TPSA) is 95.9 Å². The minimum atomic E-state index is -0.539. The summed E-state index contributed by atoms with van der Waals surface area (Å²) in [6.07, 6.45) is 2.11. The van der Waals surface area contributed by atoms with Crippen LogP contribution in [0.3, 0.4) is 0 Å². The van der Waals surface area contributed by atoms with E-state index in [0.717, 1.165) is 19.3 Å². The lowest BCUT2D eigenvalue weighted by atomic mass is 10.1. The molecule has 2 aromatic rings. The molecule has 0 bridgehead atoms. The quantitative estimate of drug-likeness (QED) is 0.862. The SMILES string of the molecule is O=C(c1ccc2oc(=O)[nH]c2c1)N1CCCN(C(=O)C2CCCO2)CC1. The minimum Gasteiger partial charge on any atom is -0.408 e. The van der Waals surface area contributed by atoms with Crippen molar-refractivity contribution in [3.8, 4) is 0 Å². The number of benzene rings is 1. The Kier molecular flexibility index (Phi) is 4.50. The van der Waals surface area contributed by atoms with E-state index in [0.29, 0.717) is 49.4 Å². The van der Waals surface area contributed by atoms with E-state index in [2.05, 4.69) is 4.98 Å². The molecule has 4 rings (SSSR count). The second kappa shape index (κ2) is 6.95. The molecular weight excluding hydrogens is 338 g/mol. The second-order valence-electron chi connectivity index (χ2n) is 6.70. The maximum atomic E-state index is 12.8. The van der Waals surface area contributed by atoms with E-state index in [1.54, 1.807) is 28.0 Å². The van der Waals surface area contributed by atoms with Crippen LogP contribution in [-0.4, -0.2) is 65.5 Å². The van der Waals surface area contributed by atoms with Gasteiger partial charge in [-0.1, -0.05) is 0 Å². The van der Waals surface area contributed by atoms with Crippen molar-refractivity contribution in [2.75, 3.05) is 32.8 Å². The maximum absolute atomic E-state index is 12.8. The number of carbonyl (C=O) groups excluding carboxylic acids is 2. The van der Waals surface area contributed by atoms with Gasteiger partial charge in [-0.25, -0.2) is 4.79 Å². The third-order valence-electron chi connectivity index (χ3n) is 4.97. The van der Waals surface area contributed by atoms with E-state index in [9.17, 15) is 14.4 Å². The molecule has 0 radical (unpaired) electrons. The van der Waals surface area contributed by atoms with Gasteiger partial charge >= 0.3 is 5.76 Å². The number of amides is 2. The molecule has 1 N–H and O–H groups in total. The molecule has 2 aliphatic rings. The number of aromatic nitrogens is 1. The van der Waals surface area contributed by atoms with Gasteiger partial charge in [0, 0.05) is 38.3 Å². The van der Waals surface area contributed by atoms with Crippen molar-refractivity contribution in [2.45, 2.75) is 25.4 Å². The first-order valence-corrected chi connectivity index (χ1v) is 8.94. The van der Waals surface area contributed by atoms with Gasteiger partial charge in [-0.3, -0.25) is 14.6 Å². The van der Waals surface area contributed by atoms with Crippen LogP contribution in [-0.2, 0) is 9.53 Å². The molecule has 0 aliphatic carbocycles. The zero-order chi connectivity index (χ0) is 18.1. The lowest BCUT2D eigenvalue weighted by Crippen LogP contribution is -2.41. The minimum absolute atomic E-state index is 0.0363. The number of nitrogens with zero attached hydrogens (tertiary/aromatic N) is 2. The van der Waals surface area contributed by atoms with Crippen LogP contribution in [0, 0.1) is 0 Å². The van der Waals surface area contributed by atoms with E-state index in [1.165, 1.54) is 0 Å². The number of oxazole rings is 1. The smallest absolute Gasteiger partial charge is 0.408 e. The van der Waals surface area contributed by atoms with E-state index in [4.69, 9.17) is 9.15 Å². The summed E-state index contributed by atoms with van der Waals surface area (Å²) in [4.78, 5) is 42.7. The van der Waals surface area contributed by atoms with Crippen LogP contribution in [0.2, 0.25) is 0 Å². The maximum Gasteiger partial charge on any atom is 0.417 e. The molecular formula is C18H21N3O5. The van der Waals surface area contributed by atoms with Gasteiger partial charge in [0.2, 0.25) is 0 Å². The largest absolute Gasteiger partial charge is 0.417 e. The fourth-order valence-electron chi connectivity index (χ4n) is 3.58. The van der Waals surface area contributed by atoms with Gasteiger partial charge in [0.1, 0.15) is 6.10 Å². The number of carbonyl (C=O) groups is 2. The Morgan fingerprint density at radius 3 is 2.69 bits per heavy atom. The fourth-order valence-corrected chi connectivity index (χ4v) is 3.58. The lowest BCUT2D eigenvalue weighted by molar-refractivity contribution is -0.140. The van der Waals surface area contributed by atoms with Gasteiger partial charge in [0.25, 0.3) is 11.8 Å². The van der Waals surface area contributed by atoms with Crippen molar-refractivity contribution in [1.82, 2.24) is 14.8 Å². The van der Waals surface area contributed by atoms with Crippen LogP contribution in [0.25, 0.3) is 11.1 Å². The Morgan fingerprint density at radius 2 is 1.88 bits per heavy atom. The molecule has 2 fully saturated rings. The van der Waals surface area contributed by atoms with Gasteiger partial charge in [-0.15, -0.1) is 0 Å². The average molecular weight is 359 g/mol. The summed E-state index contributed by atoms with van der Waals surface area (Å²) >= 11 is 0. The highest BCUT2D eigenvalue weighted by Crippen LogP contribution is 2.18. The summed E-state index contributed by atoms with van der Waals surface area (Å²) in [5.41, 5.74) is 1.43. The first kappa shape index (κ1) is 16.8.